The van der Waals surface area contributed by atoms with Gasteiger partial charge in [0, 0.05) is 30.3 Å². The minimum atomic E-state index is -4.79. The lowest BCUT2D eigenvalue weighted by molar-refractivity contribution is -0.274. The minimum absolute atomic E-state index is 0.0197. The molecule has 3 atom stereocenters. The van der Waals surface area contributed by atoms with Gasteiger partial charge in [-0.15, -0.1) is 13.2 Å². The molecule has 0 bridgehead atoms. The van der Waals surface area contributed by atoms with E-state index in [1.165, 1.54) is 19.1 Å². The van der Waals surface area contributed by atoms with Gasteiger partial charge in [-0.1, -0.05) is 6.07 Å². The fourth-order valence-electron chi connectivity index (χ4n) is 3.27. The Morgan fingerprint density at radius 1 is 1.36 bits per heavy atom. The van der Waals surface area contributed by atoms with Crippen molar-refractivity contribution in [3.05, 3.63) is 24.3 Å². The molecule has 1 spiro atoms. The molecule has 1 aromatic carbocycles. The van der Waals surface area contributed by atoms with Crippen molar-refractivity contribution in [2.75, 3.05) is 5.32 Å². The molecule has 0 radical (unpaired) electrons. The Morgan fingerprint density at radius 3 is 2.80 bits per heavy atom. The maximum atomic E-state index is 12.3. The number of alkyl halides is 3. The second kappa shape index (κ2) is 6.21. The maximum absolute atomic E-state index is 12.3. The van der Waals surface area contributed by atoms with Crippen molar-refractivity contribution in [1.29, 1.82) is 0 Å². The van der Waals surface area contributed by atoms with Crippen LogP contribution in [0, 0.1) is 0 Å². The Balaban J connectivity index is 1.57. The summed E-state index contributed by atoms with van der Waals surface area (Å²) in [6.45, 7) is 1.45. The minimum Gasteiger partial charge on any atom is -0.406 e. The Hall–Kier alpha value is -2.29. The van der Waals surface area contributed by atoms with Crippen LogP contribution < -0.4 is 20.7 Å². The van der Waals surface area contributed by atoms with E-state index in [0.717, 1.165) is 25.0 Å². The fraction of sp³-hybridized carbons (Fsp3) is 0.500. The van der Waals surface area contributed by atoms with Crippen LogP contribution in [0.15, 0.2) is 24.3 Å². The van der Waals surface area contributed by atoms with Crippen molar-refractivity contribution in [2.24, 2.45) is 0 Å². The number of carbonyl (C=O) groups is 2. The maximum Gasteiger partial charge on any atom is 0.573 e. The number of halogens is 3. The molecule has 1 aromatic rings. The van der Waals surface area contributed by atoms with Crippen LogP contribution in [0.4, 0.5) is 18.9 Å². The van der Waals surface area contributed by atoms with E-state index in [1.807, 2.05) is 0 Å². The number of ether oxygens (including phenoxy) is 1. The molecule has 2 fully saturated rings. The van der Waals surface area contributed by atoms with Gasteiger partial charge in [-0.25, -0.2) is 0 Å². The average molecular weight is 357 g/mol. The van der Waals surface area contributed by atoms with E-state index < -0.39 is 18.2 Å². The molecule has 6 nitrogen and oxygen atoms in total. The molecule has 25 heavy (non-hydrogen) atoms. The highest BCUT2D eigenvalue weighted by atomic mass is 19.4. The Labute approximate surface area is 142 Å². The smallest absolute Gasteiger partial charge is 0.406 e. The SMILES string of the molecule is CC(=O)NC1C[C@]12CC[C@@H](C(=O)Nc1cccc(OC(F)(F)F)c1)N2. The quantitative estimate of drug-likeness (QED) is 0.769. The van der Waals surface area contributed by atoms with E-state index in [-0.39, 0.29) is 29.1 Å². The second-order valence-corrected chi connectivity index (χ2v) is 6.41. The lowest BCUT2D eigenvalue weighted by atomic mass is 10.1. The molecule has 1 aliphatic carbocycles. The first-order valence-corrected chi connectivity index (χ1v) is 7.88. The highest BCUT2D eigenvalue weighted by Crippen LogP contribution is 2.45. The van der Waals surface area contributed by atoms with Crippen LogP contribution in [-0.4, -0.2) is 35.8 Å². The topological polar surface area (TPSA) is 79.5 Å². The standard InChI is InChI=1S/C16H18F3N3O3/c1-9(23)20-13-8-15(13)6-5-12(22-15)14(24)21-10-3-2-4-11(7-10)25-16(17,18)19/h2-4,7,12-13,22H,5-6,8H2,1H3,(H,20,23)(H,21,24)/t12-,13?,15+/m0/s1. The number of benzene rings is 1. The molecule has 1 unspecified atom stereocenters. The molecule has 3 rings (SSSR count). The van der Waals surface area contributed by atoms with Gasteiger partial charge in [0.1, 0.15) is 5.75 Å². The third-order valence-corrected chi connectivity index (χ3v) is 4.45. The number of rotatable bonds is 4. The number of hydrogen-bond acceptors (Lipinski definition) is 4. The lowest BCUT2D eigenvalue weighted by Gasteiger charge is -2.15. The van der Waals surface area contributed by atoms with Gasteiger partial charge in [-0.05, 0) is 31.4 Å². The molecule has 1 saturated heterocycles. The van der Waals surface area contributed by atoms with Gasteiger partial charge in [-0.2, -0.15) is 0 Å². The molecule has 1 saturated carbocycles. The predicted octanol–water partition coefficient (Wildman–Crippen LogP) is 1.92. The van der Waals surface area contributed by atoms with E-state index >= 15 is 0 Å². The molecule has 9 heteroatoms. The van der Waals surface area contributed by atoms with Crippen molar-refractivity contribution in [3.63, 3.8) is 0 Å². The highest BCUT2D eigenvalue weighted by molar-refractivity contribution is 5.95. The van der Waals surface area contributed by atoms with Crippen LogP contribution in [0.2, 0.25) is 0 Å². The van der Waals surface area contributed by atoms with E-state index in [0.29, 0.717) is 6.42 Å². The molecule has 1 heterocycles. The zero-order valence-electron chi connectivity index (χ0n) is 13.4. The first kappa shape index (κ1) is 17.5. The number of nitrogens with one attached hydrogen (secondary N) is 3. The Kier molecular flexibility index (Phi) is 4.36. The summed E-state index contributed by atoms with van der Waals surface area (Å²) in [5.41, 5.74) is -0.0155. The first-order chi connectivity index (χ1) is 11.7. The number of carbonyl (C=O) groups excluding carboxylic acids is 2. The Morgan fingerprint density at radius 2 is 2.12 bits per heavy atom. The summed E-state index contributed by atoms with van der Waals surface area (Å²) in [7, 11) is 0. The normalized spacial score (nSPS) is 27.8. The summed E-state index contributed by atoms with van der Waals surface area (Å²) < 4.78 is 40.6. The summed E-state index contributed by atoms with van der Waals surface area (Å²) in [4.78, 5) is 23.4. The van der Waals surface area contributed by atoms with E-state index in [1.54, 1.807) is 0 Å². The van der Waals surface area contributed by atoms with Crippen molar-refractivity contribution in [2.45, 2.75) is 50.2 Å². The molecular formula is C16H18F3N3O3. The third-order valence-electron chi connectivity index (χ3n) is 4.45. The molecule has 0 aromatic heterocycles. The molecular weight excluding hydrogens is 339 g/mol. The van der Waals surface area contributed by atoms with Gasteiger partial charge in [0.2, 0.25) is 11.8 Å². The van der Waals surface area contributed by atoms with E-state index in [2.05, 4.69) is 20.7 Å². The fourth-order valence-corrected chi connectivity index (χ4v) is 3.27. The molecule has 2 amide bonds. The zero-order chi connectivity index (χ0) is 18.2. The number of hydrogen-bond donors (Lipinski definition) is 3. The number of amides is 2. The van der Waals surface area contributed by atoms with Gasteiger partial charge in [0.15, 0.2) is 0 Å². The van der Waals surface area contributed by atoms with Crippen LogP contribution in [0.5, 0.6) is 5.75 Å². The molecule has 1 aliphatic heterocycles. The largest absolute Gasteiger partial charge is 0.573 e. The van der Waals surface area contributed by atoms with Crippen LogP contribution in [0.25, 0.3) is 0 Å². The summed E-state index contributed by atoms with van der Waals surface area (Å²) in [6, 6.07) is 4.70. The second-order valence-electron chi connectivity index (χ2n) is 6.41. The van der Waals surface area contributed by atoms with E-state index in [4.69, 9.17) is 0 Å². The van der Waals surface area contributed by atoms with Crippen LogP contribution >= 0.6 is 0 Å². The molecule has 2 aliphatic rings. The van der Waals surface area contributed by atoms with Crippen LogP contribution in [0.3, 0.4) is 0 Å². The monoisotopic (exact) mass is 357 g/mol. The van der Waals surface area contributed by atoms with Crippen molar-refractivity contribution in [1.82, 2.24) is 10.6 Å². The average Bonchev–Trinajstić information content (AvgIpc) is 2.93. The van der Waals surface area contributed by atoms with Crippen LogP contribution in [-0.2, 0) is 9.59 Å². The van der Waals surface area contributed by atoms with E-state index in [9.17, 15) is 22.8 Å². The lowest BCUT2D eigenvalue weighted by Crippen LogP contribution is -2.44. The zero-order valence-corrected chi connectivity index (χ0v) is 13.4. The van der Waals surface area contributed by atoms with Gasteiger partial charge >= 0.3 is 6.36 Å². The summed E-state index contributed by atoms with van der Waals surface area (Å²) in [6.07, 6.45) is -2.66. The molecule has 3 N–H and O–H groups in total. The third kappa shape index (κ3) is 4.22. The van der Waals surface area contributed by atoms with Crippen molar-refractivity contribution >= 4 is 17.5 Å². The van der Waals surface area contributed by atoms with Gasteiger partial charge < -0.3 is 15.4 Å². The highest BCUT2D eigenvalue weighted by Gasteiger charge is 2.59. The first-order valence-electron chi connectivity index (χ1n) is 7.88. The predicted molar refractivity (Wildman–Crippen MR) is 82.9 cm³/mol. The van der Waals surface area contributed by atoms with Gasteiger partial charge in [-0.3, -0.25) is 14.9 Å². The Bertz CT molecular complexity index is 695. The number of anilines is 1. The van der Waals surface area contributed by atoms with Crippen molar-refractivity contribution in [3.8, 4) is 5.75 Å². The summed E-state index contributed by atoms with van der Waals surface area (Å²) >= 11 is 0. The summed E-state index contributed by atoms with van der Waals surface area (Å²) in [5, 5.41) is 8.66. The van der Waals surface area contributed by atoms with Crippen LogP contribution in [0.1, 0.15) is 26.2 Å². The van der Waals surface area contributed by atoms with Gasteiger partial charge in [0.25, 0.3) is 0 Å². The summed E-state index contributed by atoms with van der Waals surface area (Å²) in [5.74, 6) is -0.832. The molecule has 136 valence electrons. The van der Waals surface area contributed by atoms with Gasteiger partial charge in [0.05, 0.1) is 6.04 Å². The van der Waals surface area contributed by atoms with Crippen molar-refractivity contribution < 1.29 is 27.5 Å².